The largest absolute Gasteiger partial charge is 0.508 e. The highest BCUT2D eigenvalue weighted by atomic mass is 16.6. The summed E-state index contributed by atoms with van der Waals surface area (Å²) >= 11 is 0. The van der Waals surface area contributed by atoms with Crippen LogP contribution in [0.5, 0.6) is 0 Å². The van der Waals surface area contributed by atoms with Gasteiger partial charge in [0.2, 0.25) is 0 Å². The van der Waals surface area contributed by atoms with Gasteiger partial charge in [0.15, 0.2) is 0 Å². The second-order valence-electron chi connectivity index (χ2n) is 5.16. The minimum absolute atomic E-state index is 0.171. The van der Waals surface area contributed by atoms with E-state index in [0.717, 1.165) is 6.07 Å². The van der Waals surface area contributed by atoms with E-state index in [-0.39, 0.29) is 35.6 Å². The summed E-state index contributed by atoms with van der Waals surface area (Å²) in [5.74, 6) is -3.78. The Bertz CT molecular complexity index is 783. The average molecular weight is 333 g/mol. The first-order chi connectivity index (χ1) is 11.4. The summed E-state index contributed by atoms with van der Waals surface area (Å²) in [6, 6.07) is 5.21. The number of hydrogen-bond donors (Lipinski definition) is 2. The number of carbonyl (C=O) groups excluding carboxylic acids is 2. The summed E-state index contributed by atoms with van der Waals surface area (Å²) in [7, 11) is 0. The maximum absolute atomic E-state index is 12.0. The Morgan fingerprint density at radius 3 is 2.00 bits per heavy atom. The van der Waals surface area contributed by atoms with Gasteiger partial charge in [0, 0.05) is 12.1 Å². The number of hydrogen-bond acceptors (Lipinski definition) is 8. The number of nitro groups is 1. The fourth-order valence-electron chi connectivity index (χ4n) is 2.68. The number of aliphatic hydroxyl groups is 2. The topological polar surface area (TPSA) is 136 Å². The van der Waals surface area contributed by atoms with Crippen LogP contribution in [0.4, 0.5) is 5.69 Å². The van der Waals surface area contributed by atoms with Crippen molar-refractivity contribution in [2.24, 2.45) is 0 Å². The third-order valence-electron chi connectivity index (χ3n) is 3.73. The molecule has 0 aliphatic carbocycles. The van der Waals surface area contributed by atoms with Gasteiger partial charge in [0.1, 0.15) is 24.7 Å². The predicted molar refractivity (Wildman–Crippen MR) is 77.1 cm³/mol. The molecule has 0 bridgehead atoms. The van der Waals surface area contributed by atoms with Crippen molar-refractivity contribution in [1.29, 1.82) is 0 Å². The van der Waals surface area contributed by atoms with Gasteiger partial charge in [-0.05, 0) is 5.56 Å². The molecule has 1 aromatic carbocycles. The van der Waals surface area contributed by atoms with Crippen molar-refractivity contribution < 1.29 is 34.2 Å². The molecule has 2 heterocycles. The van der Waals surface area contributed by atoms with E-state index >= 15 is 0 Å². The second-order valence-corrected chi connectivity index (χ2v) is 5.16. The average Bonchev–Trinajstić information content (AvgIpc) is 3.05. The molecule has 2 aliphatic rings. The van der Waals surface area contributed by atoms with E-state index in [4.69, 9.17) is 9.47 Å². The fraction of sp³-hybridized carbons (Fsp3) is 0.200. The van der Waals surface area contributed by atoms with Gasteiger partial charge < -0.3 is 19.7 Å². The zero-order valence-electron chi connectivity index (χ0n) is 12.1. The van der Waals surface area contributed by atoms with Crippen LogP contribution in [0.2, 0.25) is 0 Å². The van der Waals surface area contributed by atoms with Crippen LogP contribution in [-0.2, 0) is 19.1 Å². The SMILES string of the molecule is O=C1OCC(O)=C1C(C1=C(O)COC1=O)c1cccc([N+](=O)[O-])c1. The number of non-ortho nitro benzene ring substituents is 1. The van der Waals surface area contributed by atoms with Gasteiger partial charge in [-0.2, -0.15) is 0 Å². The van der Waals surface area contributed by atoms with Gasteiger partial charge in [-0.3, -0.25) is 10.1 Å². The van der Waals surface area contributed by atoms with E-state index < -0.39 is 34.3 Å². The molecule has 0 saturated carbocycles. The van der Waals surface area contributed by atoms with Crippen LogP contribution < -0.4 is 0 Å². The van der Waals surface area contributed by atoms with Crippen LogP contribution in [0.1, 0.15) is 11.5 Å². The molecule has 0 spiro atoms. The van der Waals surface area contributed by atoms with Gasteiger partial charge in [-0.25, -0.2) is 9.59 Å². The number of rotatable bonds is 4. The van der Waals surface area contributed by atoms with Gasteiger partial charge in [-0.1, -0.05) is 12.1 Å². The number of carbonyl (C=O) groups is 2. The highest BCUT2D eigenvalue weighted by Gasteiger charge is 2.42. The lowest BCUT2D eigenvalue weighted by molar-refractivity contribution is -0.384. The van der Waals surface area contributed by atoms with Crippen LogP contribution in [0.15, 0.2) is 46.9 Å². The Balaban J connectivity index is 2.20. The Labute approximate surface area is 134 Å². The van der Waals surface area contributed by atoms with Gasteiger partial charge in [-0.15, -0.1) is 0 Å². The quantitative estimate of drug-likeness (QED) is 0.479. The predicted octanol–water partition coefficient (Wildman–Crippen LogP) is 1.42. The molecule has 0 fully saturated rings. The lowest BCUT2D eigenvalue weighted by Gasteiger charge is -2.17. The van der Waals surface area contributed by atoms with Crippen LogP contribution in [-0.4, -0.2) is 40.3 Å². The molecule has 0 unspecified atom stereocenters. The standard InChI is InChI=1S/C15H11NO8/c17-9-5-23-14(19)12(9)11(13-10(18)6-24-15(13)20)7-2-1-3-8(4-7)16(21)22/h1-4,11,17-18H,5-6H2. The van der Waals surface area contributed by atoms with Gasteiger partial charge >= 0.3 is 11.9 Å². The zero-order valence-corrected chi connectivity index (χ0v) is 12.1. The van der Waals surface area contributed by atoms with Crippen molar-refractivity contribution in [3.63, 3.8) is 0 Å². The van der Waals surface area contributed by atoms with E-state index in [1.165, 1.54) is 18.2 Å². The highest BCUT2D eigenvalue weighted by molar-refractivity contribution is 6.00. The van der Waals surface area contributed by atoms with Crippen molar-refractivity contribution in [1.82, 2.24) is 0 Å². The van der Waals surface area contributed by atoms with E-state index in [1.54, 1.807) is 0 Å². The first kappa shape index (κ1) is 15.5. The number of aliphatic hydroxyl groups excluding tert-OH is 2. The smallest absolute Gasteiger partial charge is 0.338 e. The highest BCUT2D eigenvalue weighted by Crippen LogP contribution is 2.40. The molecule has 124 valence electrons. The summed E-state index contributed by atoms with van der Waals surface area (Å²) in [6.07, 6.45) is 0. The van der Waals surface area contributed by atoms with Crippen LogP contribution in [0.25, 0.3) is 0 Å². The lowest BCUT2D eigenvalue weighted by atomic mass is 9.83. The van der Waals surface area contributed by atoms with E-state index in [1.807, 2.05) is 0 Å². The van der Waals surface area contributed by atoms with E-state index in [9.17, 15) is 29.9 Å². The molecule has 2 aliphatic heterocycles. The van der Waals surface area contributed by atoms with Crippen molar-refractivity contribution >= 4 is 17.6 Å². The summed E-state index contributed by atoms with van der Waals surface area (Å²) in [5.41, 5.74) is -0.604. The molecule has 0 aromatic heterocycles. The summed E-state index contributed by atoms with van der Waals surface area (Å²) in [5, 5.41) is 30.9. The van der Waals surface area contributed by atoms with Crippen LogP contribution in [0.3, 0.4) is 0 Å². The zero-order chi connectivity index (χ0) is 17.4. The Morgan fingerprint density at radius 1 is 1.04 bits per heavy atom. The Morgan fingerprint density at radius 2 is 1.58 bits per heavy atom. The minimum atomic E-state index is -1.23. The van der Waals surface area contributed by atoms with Crippen molar-refractivity contribution in [2.75, 3.05) is 13.2 Å². The van der Waals surface area contributed by atoms with E-state index in [2.05, 4.69) is 0 Å². The monoisotopic (exact) mass is 333 g/mol. The summed E-state index contributed by atoms with van der Waals surface area (Å²) in [6.45, 7) is -0.745. The molecular weight excluding hydrogens is 322 g/mol. The van der Waals surface area contributed by atoms with Gasteiger partial charge in [0.25, 0.3) is 5.69 Å². The molecule has 0 saturated heterocycles. The maximum Gasteiger partial charge on any atom is 0.338 e. The van der Waals surface area contributed by atoms with Gasteiger partial charge in [0.05, 0.1) is 22.0 Å². The molecule has 3 rings (SSSR count). The molecule has 1 aromatic rings. The number of nitrogens with zero attached hydrogens (tertiary/aromatic N) is 1. The fourth-order valence-corrected chi connectivity index (χ4v) is 2.68. The molecular formula is C15H11NO8. The number of cyclic esters (lactones) is 2. The number of benzene rings is 1. The molecule has 9 nitrogen and oxygen atoms in total. The number of esters is 2. The van der Waals surface area contributed by atoms with Crippen LogP contribution in [0, 0.1) is 10.1 Å². The third kappa shape index (κ3) is 2.45. The number of nitro benzene ring substituents is 1. The molecule has 2 N–H and O–H groups in total. The molecule has 0 amide bonds. The first-order valence-electron chi connectivity index (χ1n) is 6.82. The normalized spacial score (nSPS) is 17.5. The van der Waals surface area contributed by atoms with Crippen molar-refractivity contribution in [3.05, 3.63) is 62.6 Å². The Hall–Kier alpha value is -3.36. The number of ether oxygens (including phenoxy) is 2. The Kier molecular flexibility index (Phi) is 3.68. The van der Waals surface area contributed by atoms with Crippen molar-refractivity contribution in [3.8, 4) is 0 Å². The summed E-state index contributed by atoms with van der Waals surface area (Å²) < 4.78 is 9.47. The summed E-state index contributed by atoms with van der Waals surface area (Å²) in [4.78, 5) is 34.3. The maximum atomic E-state index is 12.0. The third-order valence-corrected chi connectivity index (χ3v) is 3.73. The minimum Gasteiger partial charge on any atom is -0.508 e. The molecule has 0 radical (unpaired) electrons. The lowest BCUT2D eigenvalue weighted by Crippen LogP contribution is -2.17. The second kappa shape index (κ2) is 5.69. The molecule has 24 heavy (non-hydrogen) atoms. The van der Waals surface area contributed by atoms with Crippen molar-refractivity contribution in [2.45, 2.75) is 5.92 Å². The molecule has 0 atom stereocenters. The van der Waals surface area contributed by atoms with E-state index in [0.29, 0.717) is 0 Å². The first-order valence-corrected chi connectivity index (χ1v) is 6.82. The molecule has 9 heteroatoms. The van der Waals surface area contributed by atoms with Crippen LogP contribution >= 0.6 is 0 Å².